The summed E-state index contributed by atoms with van der Waals surface area (Å²) in [7, 11) is 0. The van der Waals surface area contributed by atoms with Crippen molar-refractivity contribution in [3.63, 3.8) is 0 Å². The zero-order chi connectivity index (χ0) is 14.4. The molecule has 0 radical (unpaired) electrons. The van der Waals surface area contributed by atoms with Crippen molar-refractivity contribution in [3.05, 3.63) is 71.8 Å². The number of hydrogen-bond acceptors (Lipinski definition) is 3. The number of ketones is 1. The van der Waals surface area contributed by atoms with E-state index >= 15 is 0 Å². The molecule has 2 aromatic carbocycles. The Morgan fingerprint density at radius 1 is 0.950 bits per heavy atom. The van der Waals surface area contributed by atoms with Crippen molar-refractivity contribution in [1.29, 1.82) is 0 Å². The van der Waals surface area contributed by atoms with E-state index in [-0.39, 0.29) is 11.5 Å². The fourth-order valence-electron chi connectivity index (χ4n) is 1.72. The Kier molecular flexibility index (Phi) is 4.45. The van der Waals surface area contributed by atoms with Crippen LogP contribution in [0.2, 0.25) is 0 Å². The number of benzene rings is 2. The predicted molar refractivity (Wildman–Crippen MR) is 77.6 cm³/mol. The van der Waals surface area contributed by atoms with Crippen molar-refractivity contribution in [3.8, 4) is 5.75 Å². The van der Waals surface area contributed by atoms with E-state index in [9.17, 15) is 9.59 Å². The lowest BCUT2D eigenvalue weighted by Crippen LogP contribution is -2.07. The van der Waals surface area contributed by atoms with Crippen LogP contribution in [0.3, 0.4) is 0 Å². The van der Waals surface area contributed by atoms with Crippen molar-refractivity contribution >= 4 is 17.8 Å². The van der Waals surface area contributed by atoms with E-state index in [1.807, 2.05) is 30.3 Å². The van der Waals surface area contributed by atoms with Crippen molar-refractivity contribution in [2.75, 3.05) is 0 Å². The van der Waals surface area contributed by atoms with Gasteiger partial charge in [-0.1, -0.05) is 42.5 Å². The monoisotopic (exact) mass is 266 g/mol. The summed E-state index contributed by atoms with van der Waals surface area (Å²) in [6.07, 6.45) is 3.00. The van der Waals surface area contributed by atoms with Crippen LogP contribution in [0.5, 0.6) is 5.75 Å². The van der Waals surface area contributed by atoms with E-state index in [2.05, 4.69) is 0 Å². The van der Waals surface area contributed by atoms with E-state index in [0.29, 0.717) is 5.56 Å². The Hall–Kier alpha value is -2.68. The molecule has 2 aromatic rings. The van der Waals surface area contributed by atoms with Gasteiger partial charge in [-0.05, 0) is 30.7 Å². The Labute approximate surface area is 117 Å². The average Bonchev–Trinajstić information content (AvgIpc) is 2.46. The number of rotatable bonds is 4. The van der Waals surface area contributed by atoms with Gasteiger partial charge >= 0.3 is 5.97 Å². The van der Waals surface area contributed by atoms with Gasteiger partial charge in [0.1, 0.15) is 5.75 Å². The molecule has 0 saturated heterocycles. The second-order valence-corrected chi connectivity index (χ2v) is 4.22. The Balaban J connectivity index is 2.09. The maximum absolute atomic E-state index is 11.7. The van der Waals surface area contributed by atoms with Crippen LogP contribution in [0, 0.1) is 0 Å². The second kappa shape index (κ2) is 6.48. The molecule has 0 saturated carbocycles. The van der Waals surface area contributed by atoms with Gasteiger partial charge in [-0.3, -0.25) is 4.79 Å². The molecule has 0 bridgehead atoms. The molecule has 3 heteroatoms. The zero-order valence-electron chi connectivity index (χ0n) is 11.1. The molecule has 0 aliphatic heterocycles. The molecule has 0 aliphatic carbocycles. The van der Waals surface area contributed by atoms with Crippen molar-refractivity contribution in [1.82, 2.24) is 0 Å². The topological polar surface area (TPSA) is 43.4 Å². The minimum Gasteiger partial charge on any atom is -0.423 e. The highest BCUT2D eigenvalue weighted by Crippen LogP contribution is 2.18. The summed E-state index contributed by atoms with van der Waals surface area (Å²) in [6.45, 7) is 1.44. The van der Waals surface area contributed by atoms with Crippen LogP contribution < -0.4 is 4.74 Å². The minimum absolute atomic E-state index is 0.138. The van der Waals surface area contributed by atoms with Crippen LogP contribution in [0.25, 0.3) is 6.08 Å². The van der Waals surface area contributed by atoms with Crippen LogP contribution >= 0.6 is 0 Å². The second-order valence-electron chi connectivity index (χ2n) is 4.22. The van der Waals surface area contributed by atoms with Gasteiger partial charge in [0.05, 0.1) is 5.56 Å². The van der Waals surface area contributed by atoms with Gasteiger partial charge in [0.2, 0.25) is 0 Å². The molecule has 3 nitrogen and oxygen atoms in total. The first-order valence-electron chi connectivity index (χ1n) is 6.22. The normalized spacial score (nSPS) is 10.4. The highest BCUT2D eigenvalue weighted by Gasteiger charge is 2.09. The van der Waals surface area contributed by atoms with Crippen LogP contribution in [0.4, 0.5) is 0 Å². The molecular formula is C17H14O3. The molecule has 0 unspecified atom stereocenters. The SMILES string of the molecule is CC(=O)c1ccccc1OC(=O)/C=C/c1ccccc1. The summed E-state index contributed by atoms with van der Waals surface area (Å²) in [4.78, 5) is 23.2. The van der Waals surface area contributed by atoms with Gasteiger partial charge in [0.25, 0.3) is 0 Å². The summed E-state index contributed by atoms with van der Waals surface area (Å²) in [5, 5.41) is 0. The maximum Gasteiger partial charge on any atom is 0.336 e. The highest BCUT2D eigenvalue weighted by molar-refractivity contribution is 5.98. The first-order chi connectivity index (χ1) is 9.66. The summed E-state index contributed by atoms with van der Waals surface area (Å²) < 4.78 is 5.18. The number of hydrogen-bond donors (Lipinski definition) is 0. The van der Waals surface area contributed by atoms with Crippen molar-refractivity contribution < 1.29 is 14.3 Å². The summed E-state index contributed by atoms with van der Waals surface area (Å²) in [5.74, 6) is -0.370. The number of carbonyl (C=O) groups excluding carboxylic acids is 2. The lowest BCUT2D eigenvalue weighted by Gasteiger charge is -2.05. The third-order valence-electron chi connectivity index (χ3n) is 2.69. The highest BCUT2D eigenvalue weighted by atomic mass is 16.5. The molecule has 0 spiro atoms. The van der Waals surface area contributed by atoms with E-state index < -0.39 is 5.97 Å². The summed E-state index contributed by atoms with van der Waals surface area (Å²) in [6, 6.07) is 16.1. The predicted octanol–water partition coefficient (Wildman–Crippen LogP) is 3.51. The average molecular weight is 266 g/mol. The third-order valence-corrected chi connectivity index (χ3v) is 2.69. The first-order valence-corrected chi connectivity index (χ1v) is 6.22. The first kappa shape index (κ1) is 13.7. The molecular weight excluding hydrogens is 252 g/mol. The van der Waals surface area contributed by atoms with Crippen LogP contribution in [0.1, 0.15) is 22.8 Å². The molecule has 0 aromatic heterocycles. The lowest BCUT2D eigenvalue weighted by molar-refractivity contribution is -0.128. The van der Waals surface area contributed by atoms with Gasteiger partial charge in [-0.25, -0.2) is 4.79 Å². The molecule has 20 heavy (non-hydrogen) atoms. The Morgan fingerprint density at radius 2 is 1.60 bits per heavy atom. The summed E-state index contributed by atoms with van der Waals surface area (Å²) >= 11 is 0. The van der Waals surface area contributed by atoms with Gasteiger partial charge < -0.3 is 4.74 Å². The quantitative estimate of drug-likeness (QED) is 0.368. The molecule has 0 atom stereocenters. The van der Waals surface area contributed by atoms with E-state index in [1.54, 1.807) is 30.3 Å². The number of esters is 1. The summed E-state index contributed by atoms with van der Waals surface area (Å²) in [5.41, 5.74) is 1.30. The largest absolute Gasteiger partial charge is 0.423 e. The lowest BCUT2D eigenvalue weighted by atomic mass is 10.1. The number of carbonyl (C=O) groups is 2. The van der Waals surface area contributed by atoms with E-state index in [1.165, 1.54) is 13.0 Å². The Bertz CT molecular complexity index is 642. The van der Waals surface area contributed by atoms with Gasteiger partial charge in [-0.2, -0.15) is 0 Å². The fourth-order valence-corrected chi connectivity index (χ4v) is 1.72. The molecule has 0 amide bonds. The number of para-hydroxylation sites is 1. The number of Topliss-reactive ketones (excluding diaryl/α,β-unsaturated/α-hetero) is 1. The van der Waals surface area contributed by atoms with E-state index in [4.69, 9.17) is 4.74 Å². The van der Waals surface area contributed by atoms with Gasteiger partial charge in [-0.15, -0.1) is 0 Å². The van der Waals surface area contributed by atoms with Gasteiger partial charge in [0.15, 0.2) is 5.78 Å². The maximum atomic E-state index is 11.7. The smallest absolute Gasteiger partial charge is 0.336 e. The standard InChI is InChI=1S/C17H14O3/c1-13(18)15-9-5-6-10-16(15)20-17(19)12-11-14-7-3-2-4-8-14/h2-12H,1H3/b12-11+. The fraction of sp³-hybridized carbons (Fsp3) is 0.0588. The molecule has 100 valence electrons. The van der Waals surface area contributed by atoms with Crippen LogP contribution in [-0.4, -0.2) is 11.8 Å². The molecule has 0 N–H and O–H groups in total. The van der Waals surface area contributed by atoms with Gasteiger partial charge in [0, 0.05) is 6.08 Å². The molecule has 0 fully saturated rings. The Morgan fingerprint density at radius 3 is 2.30 bits per heavy atom. The number of ether oxygens (including phenoxy) is 1. The third kappa shape index (κ3) is 3.65. The van der Waals surface area contributed by atoms with Crippen molar-refractivity contribution in [2.24, 2.45) is 0 Å². The minimum atomic E-state index is -0.512. The van der Waals surface area contributed by atoms with Crippen LogP contribution in [-0.2, 0) is 4.79 Å². The molecule has 0 aliphatic rings. The van der Waals surface area contributed by atoms with E-state index in [0.717, 1.165) is 5.56 Å². The van der Waals surface area contributed by atoms with Crippen LogP contribution in [0.15, 0.2) is 60.7 Å². The van der Waals surface area contributed by atoms with Crippen molar-refractivity contribution in [2.45, 2.75) is 6.92 Å². The molecule has 0 heterocycles. The molecule has 2 rings (SSSR count). The zero-order valence-corrected chi connectivity index (χ0v) is 11.1.